The second-order valence-electron chi connectivity index (χ2n) is 6.59. The lowest BCUT2D eigenvalue weighted by Gasteiger charge is -2.33. The third-order valence-electron chi connectivity index (χ3n) is 4.81. The Morgan fingerprint density at radius 2 is 1.96 bits per heavy atom. The minimum absolute atomic E-state index is 0.334. The molecule has 0 spiro atoms. The predicted octanol–water partition coefficient (Wildman–Crippen LogP) is 3.17. The first-order chi connectivity index (χ1) is 11.9. The number of benzene rings is 2. The van der Waals surface area contributed by atoms with Gasteiger partial charge in [-0.1, -0.05) is 42.5 Å². The molecule has 0 aliphatic carbocycles. The Labute approximate surface area is 143 Å². The van der Waals surface area contributed by atoms with Crippen molar-refractivity contribution in [3.05, 3.63) is 59.7 Å². The summed E-state index contributed by atoms with van der Waals surface area (Å²) in [7, 11) is 0. The number of nitrogens with one attached hydrogen (secondary N) is 1. The number of nitrogens with zero attached hydrogens (tertiary/aromatic N) is 1. The van der Waals surface area contributed by atoms with Gasteiger partial charge in [-0.05, 0) is 31.0 Å². The molecular weight excluding hydrogens is 300 g/mol. The highest BCUT2D eigenvalue weighted by Crippen LogP contribution is 2.35. The van der Waals surface area contributed by atoms with Gasteiger partial charge >= 0.3 is 0 Å². The van der Waals surface area contributed by atoms with Crippen LogP contribution in [0.25, 0.3) is 0 Å². The monoisotopic (exact) mass is 324 g/mol. The molecule has 2 aromatic carbocycles. The van der Waals surface area contributed by atoms with Gasteiger partial charge < -0.3 is 14.8 Å². The third kappa shape index (κ3) is 3.55. The summed E-state index contributed by atoms with van der Waals surface area (Å²) in [5.74, 6) is 1.77. The van der Waals surface area contributed by atoms with E-state index in [1.165, 1.54) is 30.5 Å². The molecule has 1 atom stereocenters. The number of ether oxygens (including phenoxy) is 2. The fourth-order valence-electron chi connectivity index (χ4n) is 3.59. The van der Waals surface area contributed by atoms with Gasteiger partial charge in [-0.2, -0.15) is 0 Å². The van der Waals surface area contributed by atoms with Gasteiger partial charge in [0, 0.05) is 31.2 Å². The van der Waals surface area contributed by atoms with Crippen LogP contribution in [0, 0.1) is 0 Å². The van der Waals surface area contributed by atoms with E-state index in [-0.39, 0.29) is 0 Å². The molecule has 1 fully saturated rings. The van der Waals surface area contributed by atoms with Gasteiger partial charge in [0.2, 0.25) is 6.79 Å². The van der Waals surface area contributed by atoms with Crippen LogP contribution in [-0.2, 0) is 13.1 Å². The van der Waals surface area contributed by atoms with Crippen molar-refractivity contribution in [1.82, 2.24) is 10.2 Å². The Bertz CT molecular complexity index is 675. The van der Waals surface area contributed by atoms with Crippen molar-refractivity contribution in [3.8, 4) is 11.5 Å². The Morgan fingerprint density at radius 1 is 1.04 bits per heavy atom. The lowest BCUT2D eigenvalue weighted by Crippen LogP contribution is -2.45. The van der Waals surface area contributed by atoms with Crippen LogP contribution < -0.4 is 14.8 Å². The van der Waals surface area contributed by atoms with E-state index >= 15 is 0 Å². The molecule has 4 heteroatoms. The number of hydrogen-bond acceptors (Lipinski definition) is 4. The van der Waals surface area contributed by atoms with E-state index in [4.69, 9.17) is 9.47 Å². The molecule has 0 amide bonds. The quantitative estimate of drug-likeness (QED) is 0.916. The summed E-state index contributed by atoms with van der Waals surface area (Å²) in [6, 6.07) is 17.4. The van der Waals surface area contributed by atoms with Crippen molar-refractivity contribution in [1.29, 1.82) is 0 Å². The molecular formula is C20H24N2O2. The lowest BCUT2D eigenvalue weighted by atomic mass is 10.0. The number of hydrogen-bond donors (Lipinski definition) is 1. The van der Waals surface area contributed by atoms with Crippen LogP contribution in [0.4, 0.5) is 0 Å². The van der Waals surface area contributed by atoms with Crippen molar-refractivity contribution < 1.29 is 9.47 Å². The first-order valence-electron chi connectivity index (χ1n) is 8.75. The first-order valence-corrected chi connectivity index (χ1v) is 8.75. The van der Waals surface area contributed by atoms with Crippen molar-refractivity contribution in [2.24, 2.45) is 0 Å². The summed E-state index contributed by atoms with van der Waals surface area (Å²) in [6.07, 6.45) is 2.48. The van der Waals surface area contributed by atoms with E-state index in [0.717, 1.165) is 31.1 Å². The standard InChI is InChI=1S/C20H24N2O2/c1-2-6-16(7-3-1)13-22-11-5-9-18(14-22)21-12-17-8-4-10-19-20(17)24-15-23-19/h1-4,6-8,10,18,21H,5,9,11-15H2/t18-/m0/s1. The maximum Gasteiger partial charge on any atom is 0.231 e. The zero-order valence-electron chi connectivity index (χ0n) is 13.9. The highest BCUT2D eigenvalue weighted by atomic mass is 16.7. The smallest absolute Gasteiger partial charge is 0.231 e. The topological polar surface area (TPSA) is 33.7 Å². The Morgan fingerprint density at radius 3 is 2.88 bits per heavy atom. The van der Waals surface area contributed by atoms with Gasteiger partial charge in [0.15, 0.2) is 11.5 Å². The molecule has 24 heavy (non-hydrogen) atoms. The fraction of sp³-hybridized carbons (Fsp3) is 0.400. The van der Waals surface area contributed by atoms with E-state index in [9.17, 15) is 0 Å². The van der Waals surface area contributed by atoms with E-state index in [1.807, 2.05) is 12.1 Å². The second kappa shape index (κ2) is 7.24. The van der Waals surface area contributed by atoms with Crippen molar-refractivity contribution in [3.63, 3.8) is 0 Å². The van der Waals surface area contributed by atoms with Gasteiger partial charge in [0.25, 0.3) is 0 Å². The zero-order valence-corrected chi connectivity index (χ0v) is 13.9. The number of piperidine rings is 1. The Balaban J connectivity index is 1.33. The number of fused-ring (bicyclic) bond motifs is 1. The van der Waals surface area contributed by atoms with Gasteiger partial charge in [0.1, 0.15) is 0 Å². The molecule has 0 saturated carbocycles. The molecule has 2 heterocycles. The molecule has 4 rings (SSSR count). The van der Waals surface area contributed by atoms with Crippen molar-refractivity contribution in [2.45, 2.75) is 32.0 Å². The van der Waals surface area contributed by atoms with Crippen LogP contribution in [0.3, 0.4) is 0 Å². The summed E-state index contributed by atoms with van der Waals surface area (Å²) in [5.41, 5.74) is 2.58. The van der Waals surface area contributed by atoms with Crippen LogP contribution in [-0.4, -0.2) is 30.8 Å². The molecule has 0 aromatic heterocycles. The zero-order chi connectivity index (χ0) is 16.2. The summed E-state index contributed by atoms with van der Waals surface area (Å²) >= 11 is 0. The molecule has 1 N–H and O–H groups in total. The molecule has 2 aliphatic heterocycles. The summed E-state index contributed by atoms with van der Waals surface area (Å²) in [4.78, 5) is 2.55. The average molecular weight is 324 g/mol. The van der Waals surface area contributed by atoms with Gasteiger partial charge in [0.05, 0.1) is 0 Å². The number of likely N-dealkylation sites (tertiary alicyclic amines) is 1. The van der Waals surface area contributed by atoms with E-state index in [2.05, 4.69) is 46.6 Å². The predicted molar refractivity (Wildman–Crippen MR) is 94.1 cm³/mol. The number of para-hydroxylation sites is 1. The van der Waals surface area contributed by atoms with Gasteiger partial charge in [-0.15, -0.1) is 0 Å². The van der Waals surface area contributed by atoms with Crippen molar-refractivity contribution >= 4 is 0 Å². The maximum absolute atomic E-state index is 5.60. The molecule has 0 unspecified atom stereocenters. The highest BCUT2D eigenvalue weighted by Gasteiger charge is 2.21. The van der Waals surface area contributed by atoms with Crippen molar-refractivity contribution in [2.75, 3.05) is 19.9 Å². The van der Waals surface area contributed by atoms with E-state index < -0.39 is 0 Å². The van der Waals surface area contributed by atoms with E-state index in [0.29, 0.717) is 12.8 Å². The van der Waals surface area contributed by atoms with Crippen LogP contribution in [0.5, 0.6) is 11.5 Å². The average Bonchev–Trinajstić information content (AvgIpc) is 3.10. The van der Waals surface area contributed by atoms with Gasteiger partial charge in [-0.25, -0.2) is 0 Å². The number of rotatable bonds is 5. The molecule has 126 valence electrons. The van der Waals surface area contributed by atoms with Crippen LogP contribution in [0.1, 0.15) is 24.0 Å². The molecule has 1 saturated heterocycles. The molecule has 4 nitrogen and oxygen atoms in total. The SMILES string of the molecule is c1ccc(CN2CCC[C@H](NCc3cccc4c3OCO4)C2)cc1. The molecule has 0 bridgehead atoms. The second-order valence-corrected chi connectivity index (χ2v) is 6.59. The third-order valence-corrected chi connectivity index (χ3v) is 4.81. The normalized spacial score (nSPS) is 20.2. The van der Waals surface area contributed by atoms with Crippen LogP contribution in [0.2, 0.25) is 0 Å². The summed E-state index contributed by atoms with van der Waals surface area (Å²) < 4.78 is 11.1. The van der Waals surface area contributed by atoms with Gasteiger partial charge in [-0.3, -0.25) is 4.90 Å². The molecule has 0 radical (unpaired) electrons. The molecule has 2 aliphatic rings. The maximum atomic E-state index is 5.60. The largest absolute Gasteiger partial charge is 0.454 e. The Hall–Kier alpha value is -2.04. The summed E-state index contributed by atoms with van der Waals surface area (Å²) in [5, 5.41) is 3.71. The molecule has 2 aromatic rings. The Kier molecular flexibility index (Phi) is 4.67. The van der Waals surface area contributed by atoms with E-state index in [1.54, 1.807) is 0 Å². The first kappa shape index (κ1) is 15.5. The fourth-order valence-corrected chi connectivity index (χ4v) is 3.59. The van der Waals surface area contributed by atoms with Crippen LogP contribution in [0.15, 0.2) is 48.5 Å². The minimum atomic E-state index is 0.334. The minimum Gasteiger partial charge on any atom is -0.454 e. The summed E-state index contributed by atoms with van der Waals surface area (Å²) in [6.45, 7) is 4.49. The van der Waals surface area contributed by atoms with Crippen LogP contribution >= 0.6 is 0 Å². The lowest BCUT2D eigenvalue weighted by molar-refractivity contribution is 0.171. The highest BCUT2D eigenvalue weighted by molar-refractivity contribution is 5.48.